The lowest BCUT2D eigenvalue weighted by Crippen LogP contribution is -2.31. The van der Waals surface area contributed by atoms with Gasteiger partial charge in [0.05, 0.1) is 29.0 Å². The van der Waals surface area contributed by atoms with E-state index in [1.54, 1.807) is 12.1 Å². The van der Waals surface area contributed by atoms with Crippen LogP contribution in [0.25, 0.3) is 5.69 Å². The third kappa shape index (κ3) is 7.53. The SMILES string of the molecule is Cc1ccc(C(C)C)c(N2C(=O)CS/C2=N\C(=O)Nc2ccc(OCc3ncn(-c4ccc(OC(F)(F)F)cc4)n3)nc2)c1. The van der Waals surface area contributed by atoms with Crippen molar-refractivity contribution < 1.29 is 32.2 Å². The molecule has 1 N–H and O–H groups in total. The Balaban J connectivity index is 1.18. The summed E-state index contributed by atoms with van der Waals surface area (Å²) in [4.78, 5) is 39.5. The molecule has 1 saturated heterocycles. The Morgan fingerprint density at radius 1 is 1.11 bits per heavy atom. The van der Waals surface area contributed by atoms with E-state index >= 15 is 0 Å². The first-order chi connectivity index (χ1) is 20.9. The first-order valence-electron chi connectivity index (χ1n) is 13.3. The van der Waals surface area contributed by atoms with Crippen molar-refractivity contribution in [2.75, 3.05) is 16.0 Å². The summed E-state index contributed by atoms with van der Waals surface area (Å²) in [5, 5.41) is 7.19. The maximum atomic E-state index is 12.8. The summed E-state index contributed by atoms with van der Waals surface area (Å²) in [5.41, 5.74) is 3.53. The van der Waals surface area contributed by atoms with Gasteiger partial charge in [-0.1, -0.05) is 37.7 Å². The number of carbonyl (C=O) groups excluding carboxylic acids is 2. The molecule has 11 nitrogen and oxygen atoms in total. The van der Waals surface area contributed by atoms with Crippen molar-refractivity contribution in [3.63, 3.8) is 0 Å². The van der Waals surface area contributed by atoms with Gasteiger partial charge in [0, 0.05) is 6.07 Å². The first-order valence-corrected chi connectivity index (χ1v) is 14.3. The molecule has 228 valence electrons. The third-order valence-electron chi connectivity index (χ3n) is 6.22. The number of anilines is 2. The van der Waals surface area contributed by atoms with Crippen molar-refractivity contribution in [3.8, 4) is 17.3 Å². The van der Waals surface area contributed by atoms with E-state index in [-0.39, 0.29) is 35.8 Å². The molecule has 0 spiro atoms. The first kappa shape index (κ1) is 30.5. The van der Waals surface area contributed by atoms with Crippen LogP contribution >= 0.6 is 11.8 Å². The number of aliphatic imine (C=N–C) groups is 1. The molecule has 3 heterocycles. The number of aromatic nitrogens is 4. The van der Waals surface area contributed by atoms with E-state index in [1.807, 2.05) is 39.0 Å². The minimum Gasteiger partial charge on any atom is -0.469 e. The van der Waals surface area contributed by atoms with E-state index in [2.05, 4.69) is 30.1 Å². The molecule has 0 aliphatic carbocycles. The molecule has 15 heteroatoms. The van der Waals surface area contributed by atoms with Crippen molar-refractivity contribution in [2.24, 2.45) is 4.99 Å². The Labute approximate surface area is 254 Å². The highest BCUT2D eigenvalue weighted by molar-refractivity contribution is 8.15. The molecule has 1 aliphatic heterocycles. The predicted octanol–water partition coefficient (Wildman–Crippen LogP) is 6.24. The number of alkyl halides is 3. The van der Waals surface area contributed by atoms with Gasteiger partial charge in [-0.25, -0.2) is 19.4 Å². The molecular weight excluding hydrogens is 599 g/mol. The highest BCUT2D eigenvalue weighted by atomic mass is 32.2. The number of hydrogen-bond donors (Lipinski definition) is 1. The zero-order valence-electron chi connectivity index (χ0n) is 23.7. The summed E-state index contributed by atoms with van der Waals surface area (Å²) in [6.45, 7) is 5.99. The molecule has 2 aromatic heterocycles. The summed E-state index contributed by atoms with van der Waals surface area (Å²) in [5.74, 6) is 0.396. The van der Waals surface area contributed by atoms with Crippen molar-refractivity contribution in [2.45, 2.75) is 39.7 Å². The van der Waals surface area contributed by atoms with E-state index in [9.17, 15) is 22.8 Å². The van der Waals surface area contributed by atoms with Crippen LogP contribution in [0.2, 0.25) is 0 Å². The molecule has 3 amide bonds. The third-order valence-corrected chi connectivity index (χ3v) is 7.15. The maximum absolute atomic E-state index is 12.8. The van der Waals surface area contributed by atoms with Crippen LogP contribution in [0, 0.1) is 6.92 Å². The number of thioether (sulfide) groups is 1. The molecule has 2 aromatic carbocycles. The lowest BCUT2D eigenvalue weighted by atomic mass is 9.99. The highest BCUT2D eigenvalue weighted by Gasteiger charge is 2.33. The van der Waals surface area contributed by atoms with Crippen molar-refractivity contribution in [1.82, 2.24) is 19.7 Å². The fourth-order valence-electron chi connectivity index (χ4n) is 4.22. The summed E-state index contributed by atoms with van der Waals surface area (Å²) in [6.07, 6.45) is -1.98. The van der Waals surface area contributed by atoms with Crippen LogP contribution in [0.5, 0.6) is 11.6 Å². The van der Waals surface area contributed by atoms with Gasteiger partial charge in [-0.2, -0.15) is 4.99 Å². The number of carbonyl (C=O) groups is 2. The van der Waals surface area contributed by atoms with Crippen molar-refractivity contribution in [1.29, 1.82) is 0 Å². The Bertz CT molecular complexity index is 1690. The Morgan fingerprint density at radius 2 is 1.89 bits per heavy atom. The number of rotatable bonds is 8. The van der Waals surface area contributed by atoms with Crippen LogP contribution in [0.4, 0.5) is 29.3 Å². The average molecular weight is 626 g/mol. The lowest BCUT2D eigenvalue weighted by molar-refractivity contribution is -0.274. The second kappa shape index (κ2) is 12.8. The van der Waals surface area contributed by atoms with Crippen molar-refractivity contribution >= 4 is 40.2 Å². The van der Waals surface area contributed by atoms with Crippen LogP contribution in [0.3, 0.4) is 0 Å². The number of pyridine rings is 1. The van der Waals surface area contributed by atoms with Crippen LogP contribution in [0.1, 0.15) is 36.7 Å². The van der Waals surface area contributed by atoms with E-state index in [0.717, 1.165) is 16.8 Å². The summed E-state index contributed by atoms with van der Waals surface area (Å²) in [7, 11) is 0. The van der Waals surface area contributed by atoms with E-state index in [1.165, 1.54) is 58.1 Å². The van der Waals surface area contributed by atoms with Crippen LogP contribution in [0.15, 0.2) is 72.1 Å². The maximum Gasteiger partial charge on any atom is 0.573 e. The number of nitrogens with zero attached hydrogens (tertiary/aromatic N) is 6. The largest absolute Gasteiger partial charge is 0.573 e. The molecule has 44 heavy (non-hydrogen) atoms. The van der Waals surface area contributed by atoms with Gasteiger partial charge in [0.15, 0.2) is 17.6 Å². The van der Waals surface area contributed by atoms with Gasteiger partial charge in [-0.3, -0.25) is 9.69 Å². The number of amides is 3. The molecule has 0 radical (unpaired) electrons. The quantitative estimate of drug-likeness (QED) is 0.244. The van der Waals surface area contributed by atoms with Crippen LogP contribution in [-0.4, -0.2) is 49.0 Å². The number of amidine groups is 1. The zero-order chi connectivity index (χ0) is 31.4. The number of benzene rings is 2. The molecule has 0 bridgehead atoms. The second-order valence-electron chi connectivity index (χ2n) is 9.88. The Morgan fingerprint density at radius 3 is 2.57 bits per heavy atom. The highest BCUT2D eigenvalue weighted by Crippen LogP contribution is 2.34. The zero-order valence-corrected chi connectivity index (χ0v) is 24.5. The number of urea groups is 1. The van der Waals surface area contributed by atoms with E-state index < -0.39 is 12.4 Å². The van der Waals surface area contributed by atoms with Gasteiger partial charge >= 0.3 is 12.4 Å². The van der Waals surface area contributed by atoms with Crippen molar-refractivity contribution in [3.05, 3.63) is 84.1 Å². The monoisotopic (exact) mass is 625 g/mol. The molecule has 1 fully saturated rings. The molecule has 0 unspecified atom stereocenters. The van der Waals surface area contributed by atoms with Gasteiger partial charge in [0.2, 0.25) is 11.8 Å². The molecule has 1 aliphatic rings. The fourth-order valence-corrected chi connectivity index (χ4v) is 5.08. The summed E-state index contributed by atoms with van der Waals surface area (Å²) >= 11 is 1.20. The summed E-state index contributed by atoms with van der Waals surface area (Å²) < 4.78 is 47.9. The number of halogens is 3. The molecular formula is C29H26F3N7O4S. The van der Waals surface area contributed by atoms with Gasteiger partial charge in [-0.15, -0.1) is 18.3 Å². The van der Waals surface area contributed by atoms with Crippen LogP contribution in [-0.2, 0) is 11.4 Å². The minimum atomic E-state index is -4.77. The number of ether oxygens (including phenoxy) is 2. The molecule has 4 aromatic rings. The summed E-state index contributed by atoms with van der Waals surface area (Å²) in [6, 6.07) is 13.5. The average Bonchev–Trinajstić information content (AvgIpc) is 3.58. The predicted molar refractivity (Wildman–Crippen MR) is 158 cm³/mol. The van der Waals surface area contributed by atoms with Gasteiger partial charge in [0.1, 0.15) is 12.1 Å². The fraction of sp³-hybridized carbons (Fsp3) is 0.241. The molecule has 0 saturated carbocycles. The lowest BCUT2D eigenvalue weighted by Gasteiger charge is -2.22. The van der Waals surface area contributed by atoms with Gasteiger partial charge in [0.25, 0.3) is 0 Å². The number of hydrogen-bond acceptors (Lipinski definition) is 8. The molecule has 5 rings (SSSR count). The van der Waals surface area contributed by atoms with Gasteiger partial charge < -0.3 is 14.8 Å². The minimum absolute atomic E-state index is 0.0347. The smallest absolute Gasteiger partial charge is 0.469 e. The normalized spacial score (nSPS) is 14.4. The van der Waals surface area contributed by atoms with Crippen LogP contribution < -0.4 is 19.7 Å². The second-order valence-corrected chi connectivity index (χ2v) is 10.8. The number of nitrogens with one attached hydrogen (secondary N) is 1. The van der Waals surface area contributed by atoms with Gasteiger partial charge in [-0.05, 0) is 60.4 Å². The molecule has 0 atom stereocenters. The topological polar surface area (TPSA) is 124 Å². The van der Waals surface area contributed by atoms with E-state index in [0.29, 0.717) is 22.4 Å². The standard InChI is InChI=1S/C29H26F3N7O4S/c1-17(2)22-10-4-18(3)12-23(22)39-26(40)15-44-28(39)36-27(41)35-19-5-11-25(33-13-19)42-14-24-34-16-38(37-24)20-6-8-21(9-7-20)43-29(30,31)32/h4-13,16-17H,14-15H2,1-3H3,(H,35,41)/b36-28-. The van der Waals surface area contributed by atoms with E-state index in [4.69, 9.17) is 4.74 Å². The Hall–Kier alpha value is -4.92. The number of aryl methyl sites for hydroxylation is 1. The Kier molecular flexibility index (Phi) is 8.85.